The first kappa shape index (κ1) is 15.3. The second-order valence-corrected chi connectivity index (χ2v) is 5.96. The normalized spacial score (nSPS) is 10.5. The van der Waals surface area contributed by atoms with Crippen molar-refractivity contribution < 1.29 is 13.9 Å². The molecule has 0 fully saturated rings. The summed E-state index contributed by atoms with van der Waals surface area (Å²) in [6, 6.07) is 11.3. The van der Waals surface area contributed by atoms with E-state index in [0.717, 1.165) is 11.3 Å². The Kier molecular flexibility index (Phi) is 4.43. The summed E-state index contributed by atoms with van der Waals surface area (Å²) in [5.74, 6) is 1.93. The van der Waals surface area contributed by atoms with Crippen LogP contribution in [0.2, 0.25) is 0 Å². The van der Waals surface area contributed by atoms with E-state index in [4.69, 9.17) is 9.15 Å². The summed E-state index contributed by atoms with van der Waals surface area (Å²) in [5.41, 5.74) is 1.85. The molecule has 0 saturated heterocycles. The maximum absolute atomic E-state index is 11.9. The number of carbonyl (C=O) groups is 1. The molecule has 0 aliphatic rings. The van der Waals surface area contributed by atoms with Gasteiger partial charge < -0.3 is 9.15 Å². The minimum atomic E-state index is -0.248. The van der Waals surface area contributed by atoms with Crippen LogP contribution in [0.15, 0.2) is 46.2 Å². The van der Waals surface area contributed by atoms with Gasteiger partial charge in [-0.2, -0.15) is 0 Å². The maximum atomic E-state index is 11.9. The van der Waals surface area contributed by atoms with E-state index >= 15 is 0 Å². The number of ether oxygens (including phenoxy) is 1. The van der Waals surface area contributed by atoms with Crippen LogP contribution >= 0.6 is 11.3 Å². The fraction of sp³-hybridized carbons (Fsp3) is 0.176. The van der Waals surface area contributed by atoms with E-state index in [1.807, 2.05) is 55.6 Å². The molecule has 0 radical (unpaired) electrons. The van der Waals surface area contributed by atoms with E-state index in [-0.39, 0.29) is 12.5 Å². The van der Waals surface area contributed by atoms with Crippen molar-refractivity contribution >= 4 is 22.4 Å². The van der Waals surface area contributed by atoms with Crippen LogP contribution in [0.5, 0.6) is 5.75 Å². The molecule has 5 nitrogen and oxygen atoms in total. The van der Waals surface area contributed by atoms with E-state index in [1.165, 1.54) is 11.3 Å². The van der Waals surface area contributed by atoms with Crippen LogP contribution in [0.4, 0.5) is 5.13 Å². The molecular formula is C17H16N2O3S. The maximum Gasteiger partial charge on any atom is 0.264 e. The van der Waals surface area contributed by atoms with E-state index in [9.17, 15) is 4.79 Å². The summed E-state index contributed by atoms with van der Waals surface area (Å²) in [6.07, 6.45) is 0. The number of nitrogens with one attached hydrogen (secondary N) is 1. The van der Waals surface area contributed by atoms with Gasteiger partial charge in [-0.05, 0) is 38.1 Å². The number of carbonyl (C=O) groups excluding carboxylic acids is 1. The molecule has 0 atom stereocenters. The zero-order chi connectivity index (χ0) is 16.2. The number of thiazole rings is 1. The van der Waals surface area contributed by atoms with Crippen molar-refractivity contribution in [2.24, 2.45) is 0 Å². The van der Waals surface area contributed by atoms with Gasteiger partial charge in [-0.15, -0.1) is 11.3 Å². The van der Waals surface area contributed by atoms with Crippen molar-refractivity contribution in [2.75, 3.05) is 11.9 Å². The van der Waals surface area contributed by atoms with Crippen LogP contribution in [-0.4, -0.2) is 17.5 Å². The number of anilines is 1. The zero-order valence-corrected chi connectivity index (χ0v) is 13.6. The van der Waals surface area contributed by atoms with E-state index in [0.29, 0.717) is 22.3 Å². The minimum absolute atomic E-state index is 0.0577. The van der Waals surface area contributed by atoms with E-state index in [1.54, 1.807) is 0 Å². The molecule has 1 N–H and O–H groups in total. The zero-order valence-electron chi connectivity index (χ0n) is 12.8. The first-order valence-corrected chi connectivity index (χ1v) is 8.00. The number of amides is 1. The van der Waals surface area contributed by atoms with Crippen molar-refractivity contribution in [2.45, 2.75) is 13.8 Å². The first-order chi connectivity index (χ1) is 11.1. The van der Waals surface area contributed by atoms with Crippen LogP contribution in [0.3, 0.4) is 0 Å². The fourth-order valence-electron chi connectivity index (χ4n) is 1.96. The summed E-state index contributed by atoms with van der Waals surface area (Å²) in [7, 11) is 0. The summed E-state index contributed by atoms with van der Waals surface area (Å²) in [6.45, 7) is 3.82. The Morgan fingerprint density at radius 3 is 2.70 bits per heavy atom. The van der Waals surface area contributed by atoms with Crippen molar-refractivity contribution in [1.82, 2.24) is 4.98 Å². The second kappa shape index (κ2) is 6.66. The third-order valence-electron chi connectivity index (χ3n) is 3.13. The highest BCUT2D eigenvalue weighted by Crippen LogP contribution is 2.26. The number of hydrogen-bond donors (Lipinski definition) is 1. The molecule has 6 heteroatoms. The van der Waals surface area contributed by atoms with Crippen molar-refractivity contribution in [3.8, 4) is 17.2 Å². The van der Waals surface area contributed by atoms with Gasteiger partial charge in [0.05, 0.1) is 0 Å². The Hall–Kier alpha value is -2.60. The molecule has 1 amide bonds. The van der Waals surface area contributed by atoms with Crippen LogP contribution < -0.4 is 10.1 Å². The fourth-order valence-corrected chi connectivity index (χ4v) is 2.67. The Bertz CT molecular complexity index is 805. The lowest BCUT2D eigenvalue weighted by atomic mass is 10.2. The van der Waals surface area contributed by atoms with Gasteiger partial charge in [0, 0.05) is 5.38 Å². The van der Waals surface area contributed by atoms with Crippen LogP contribution in [-0.2, 0) is 4.79 Å². The molecule has 2 heterocycles. The molecule has 23 heavy (non-hydrogen) atoms. The Balaban J connectivity index is 1.56. The molecule has 0 saturated carbocycles. The average molecular weight is 328 g/mol. The predicted octanol–water partition coefficient (Wildman–Crippen LogP) is 4.04. The number of benzene rings is 1. The number of rotatable bonds is 5. The summed E-state index contributed by atoms with van der Waals surface area (Å²) in [4.78, 5) is 16.2. The lowest BCUT2D eigenvalue weighted by molar-refractivity contribution is -0.118. The Labute approximate surface area is 137 Å². The third-order valence-corrected chi connectivity index (χ3v) is 3.89. The number of aromatic nitrogens is 1. The highest BCUT2D eigenvalue weighted by atomic mass is 32.1. The van der Waals surface area contributed by atoms with Crippen molar-refractivity contribution in [3.63, 3.8) is 0 Å². The molecular weight excluding hydrogens is 312 g/mol. The average Bonchev–Trinajstić information content (AvgIpc) is 3.16. The number of nitrogens with zero attached hydrogens (tertiary/aromatic N) is 1. The first-order valence-electron chi connectivity index (χ1n) is 7.12. The van der Waals surface area contributed by atoms with Gasteiger partial charge in [-0.1, -0.05) is 17.7 Å². The van der Waals surface area contributed by atoms with Gasteiger partial charge in [0.15, 0.2) is 17.5 Å². The van der Waals surface area contributed by atoms with Crippen molar-refractivity contribution in [1.29, 1.82) is 0 Å². The van der Waals surface area contributed by atoms with Crippen LogP contribution in [0.1, 0.15) is 11.3 Å². The highest BCUT2D eigenvalue weighted by molar-refractivity contribution is 7.14. The molecule has 0 bridgehead atoms. The smallest absolute Gasteiger partial charge is 0.264 e. The molecule has 3 rings (SSSR count). The van der Waals surface area contributed by atoms with Gasteiger partial charge in [0.2, 0.25) is 0 Å². The molecule has 0 aliphatic heterocycles. The van der Waals surface area contributed by atoms with Gasteiger partial charge in [-0.3, -0.25) is 10.1 Å². The number of aryl methyl sites for hydroxylation is 2. The topological polar surface area (TPSA) is 64.4 Å². The highest BCUT2D eigenvalue weighted by Gasteiger charge is 2.10. The molecule has 0 spiro atoms. The van der Waals surface area contributed by atoms with Gasteiger partial charge in [0.1, 0.15) is 17.2 Å². The molecule has 3 aromatic rings. The number of hydrogen-bond acceptors (Lipinski definition) is 5. The van der Waals surface area contributed by atoms with E-state index in [2.05, 4.69) is 10.3 Å². The predicted molar refractivity (Wildman–Crippen MR) is 89.9 cm³/mol. The summed E-state index contributed by atoms with van der Waals surface area (Å²) in [5, 5.41) is 5.08. The standard InChI is InChI=1S/C17H16N2O3S/c1-11-3-6-13(7-4-11)21-9-16(20)19-17-18-14(10-23-17)15-8-5-12(2)22-15/h3-8,10H,9H2,1-2H3,(H,18,19,20). The van der Waals surface area contributed by atoms with Crippen molar-refractivity contribution in [3.05, 3.63) is 53.1 Å². The third kappa shape index (κ3) is 3.98. The molecule has 0 unspecified atom stereocenters. The Morgan fingerprint density at radius 1 is 1.22 bits per heavy atom. The minimum Gasteiger partial charge on any atom is -0.484 e. The molecule has 118 valence electrons. The van der Waals surface area contributed by atoms with Crippen LogP contribution in [0, 0.1) is 13.8 Å². The van der Waals surface area contributed by atoms with E-state index < -0.39 is 0 Å². The SMILES string of the molecule is Cc1ccc(OCC(=O)Nc2nc(-c3ccc(C)o3)cs2)cc1. The lowest BCUT2D eigenvalue weighted by Crippen LogP contribution is -2.20. The van der Waals surface area contributed by atoms with Gasteiger partial charge in [0.25, 0.3) is 5.91 Å². The Morgan fingerprint density at radius 2 is 2.00 bits per heavy atom. The summed E-state index contributed by atoms with van der Waals surface area (Å²) < 4.78 is 10.9. The number of furan rings is 1. The largest absolute Gasteiger partial charge is 0.484 e. The second-order valence-electron chi connectivity index (χ2n) is 5.10. The lowest BCUT2D eigenvalue weighted by Gasteiger charge is -2.05. The molecule has 0 aliphatic carbocycles. The molecule has 2 aromatic heterocycles. The molecule has 1 aromatic carbocycles. The van der Waals surface area contributed by atoms with Crippen LogP contribution in [0.25, 0.3) is 11.5 Å². The van der Waals surface area contributed by atoms with Gasteiger partial charge >= 0.3 is 0 Å². The monoisotopic (exact) mass is 328 g/mol. The van der Waals surface area contributed by atoms with Gasteiger partial charge in [-0.25, -0.2) is 4.98 Å². The summed E-state index contributed by atoms with van der Waals surface area (Å²) >= 11 is 1.35. The quantitative estimate of drug-likeness (QED) is 0.768.